The molecule has 5 nitrogen and oxygen atoms in total. The van der Waals surface area contributed by atoms with Gasteiger partial charge in [0.2, 0.25) is 5.91 Å². The molecule has 0 fully saturated rings. The van der Waals surface area contributed by atoms with Gasteiger partial charge in [-0.1, -0.05) is 64.9 Å². The number of hydrogen-bond acceptors (Lipinski definition) is 3. The van der Waals surface area contributed by atoms with Crippen LogP contribution in [0.15, 0.2) is 12.7 Å². The molecule has 0 saturated carbocycles. The van der Waals surface area contributed by atoms with Crippen molar-refractivity contribution in [1.82, 2.24) is 5.32 Å². The van der Waals surface area contributed by atoms with Crippen molar-refractivity contribution in [3.8, 4) is 0 Å². The maximum absolute atomic E-state index is 11.2. The van der Waals surface area contributed by atoms with E-state index in [1.165, 1.54) is 32.1 Å². The fourth-order valence-electron chi connectivity index (χ4n) is 2.24. The van der Waals surface area contributed by atoms with E-state index in [4.69, 9.17) is 4.55 Å². The molecule has 1 amide bonds. The molecule has 125 valence electrons. The Hall–Kier alpha value is 0.120. The Labute approximate surface area is 157 Å². The smallest absolute Gasteiger partial charge is 0.266 e. The van der Waals surface area contributed by atoms with E-state index < -0.39 is 27.8 Å². The molecule has 0 aliphatic carbocycles. The molecule has 0 aliphatic heterocycles. The first-order valence-electron chi connectivity index (χ1n) is 7.77. The van der Waals surface area contributed by atoms with E-state index in [1.807, 2.05) is 0 Å². The molecule has 0 bridgehead atoms. The van der Waals surface area contributed by atoms with E-state index in [2.05, 4.69) is 18.8 Å². The zero-order chi connectivity index (χ0) is 16.1. The summed E-state index contributed by atoms with van der Waals surface area (Å²) in [5.74, 6) is -0.855. The Morgan fingerprint density at radius 3 is 2.09 bits per heavy atom. The standard InChI is InChI=1S/C15H29NO4S.Na/c1-3-5-6-7-8-9-10-11-12-14(13-21(18,19)20)16-15(17)4-2;/h4,14H,2-3,5-13H2,1H3,(H,16,17)(H,18,19,20);. The van der Waals surface area contributed by atoms with E-state index in [1.54, 1.807) is 0 Å². The van der Waals surface area contributed by atoms with Gasteiger partial charge in [0.1, 0.15) is 0 Å². The van der Waals surface area contributed by atoms with Crippen LogP contribution in [0.25, 0.3) is 0 Å². The molecule has 2 N–H and O–H groups in total. The minimum absolute atomic E-state index is 0. The van der Waals surface area contributed by atoms with E-state index in [-0.39, 0.29) is 29.6 Å². The van der Waals surface area contributed by atoms with Crippen LogP contribution in [0.4, 0.5) is 0 Å². The van der Waals surface area contributed by atoms with Gasteiger partial charge in [0, 0.05) is 35.6 Å². The molecule has 0 aliphatic rings. The van der Waals surface area contributed by atoms with Crippen LogP contribution < -0.4 is 5.32 Å². The molecule has 1 unspecified atom stereocenters. The molecule has 7 heteroatoms. The van der Waals surface area contributed by atoms with Gasteiger partial charge in [-0.05, 0) is 12.5 Å². The van der Waals surface area contributed by atoms with Crippen LogP contribution in [0.1, 0.15) is 64.7 Å². The van der Waals surface area contributed by atoms with Crippen LogP contribution in [0.5, 0.6) is 0 Å². The Bertz CT molecular complexity index is 398. The van der Waals surface area contributed by atoms with Crippen LogP contribution >= 0.6 is 0 Å². The first kappa shape index (κ1) is 24.4. The first-order chi connectivity index (χ1) is 9.89. The summed E-state index contributed by atoms with van der Waals surface area (Å²) in [6, 6.07) is -0.550. The fourth-order valence-corrected chi connectivity index (χ4v) is 2.99. The summed E-state index contributed by atoms with van der Waals surface area (Å²) < 4.78 is 30.7. The monoisotopic (exact) mass is 342 g/mol. The summed E-state index contributed by atoms with van der Waals surface area (Å²) in [6.45, 7) is 5.52. The predicted octanol–water partition coefficient (Wildman–Crippen LogP) is 2.70. The summed E-state index contributed by atoms with van der Waals surface area (Å²) in [7, 11) is -4.08. The number of rotatable bonds is 13. The summed E-state index contributed by atoms with van der Waals surface area (Å²) in [5, 5.41) is 2.55. The van der Waals surface area contributed by atoms with Gasteiger partial charge in [-0.15, -0.1) is 0 Å². The number of unbranched alkanes of at least 4 members (excludes halogenated alkanes) is 7. The van der Waals surface area contributed by atoms with Gasteiger partial charge in [-0.25, -0.2) is 0 Å². The maximum atomic E-state index is 11.2. The predicted molar refractivity (Wildman–Crippen MR) is 91.5 cm³/mol. The average molecular weight is 342 g/mol. The number of hydrogen-bond donors (Lipinski definition) is 2. The molecule has 0 heterocycles. The minimum atomic E-state index is -4.08. The van der Waals surface area contributed by atoms with Gasteiger partial charge in [0.05, 0.1) is 5.75 Å². The molecule has 0 aromatic rings. The van der Waals surface area contributed by atoms with Crippen molar-refractivity contribution >= 4 is 45.6 Å². The third-order valence-corrected chi connectivity index (χ3v) is 4.17. The summed E-state index contributed by atoms with van der Waals surface area (Å²) in [5.41, 5.74) is 0. The van der Waals surface area contributed by atoms with Crippen molar-refractivity contribution in [2.24, 2.45) is 0 Å². The zero-order valence-electron chi connectivity index (χ0n) is 14.0. The number of carbonyl (C=O) groups is 1. The maximum Gasteiger partial charge on any atom is 0.266 e. The topological polar surface area (TPSA) is 83.5 Å². The van der Waals surface area contributed by atoms with E-state index >= 15 is 0 Å². The van der Waals surface area contributed by atoms with Gasteiger partial charge in [0.25, 0.3) is 10.1 Å². The average Bonchev–Trinajstić information content (AvgIpc) is 2.39. The number of amides is 1. The van der Waals surface area contributed by atoms with Gasteiger partial charge in [-0.3, -0.25) is 9.35 Å². The van der Waals surface area contributed by atoms with E-state index in [0.717, 1.165) is 25.3 Å². The zero-order valence-corrected chi connectivity index (χ0v) is 16.8. The third kappa shape index (κ3) is 16.5. The second-order valence-corrected chi connectivity index (χ2v) is 6.92. The quantitative estimate of drug-likeness (QED) is 0.233. The molecular formula is C15H29NNaO4S. The van der Waals surface area contributed by atoms with Crippen molar-refractivity contribution in [3.63, 3.8) is 0 Å². The van der Waals surface area contributed by atoms with Gasteiger partial charge >= 0.3 is 0 Å². The summed E-state index contributed by atoms with van der Waals surface area (Å²) in [4.78, 5) is 11.2. The third-order valence-electron chi connectivity index (χ3n) is 3.35. The fraction of sp³-hybridized carbons (Fsp3) is 0.800. The largest absolute Gasteiger partial charge is 0.349 e. The summed E-state index contributed by atoms with van der Waals surface area (Å²) >= 11 is 0. The van der Waals surface area contributed by atoms with Crippen molar-refractivity contribution in [2.75, 3.05) is 5.75 Å². The van der Waals surface area contributed by atoms with Gasteiger partial charge in [-0.2, -0.15) is 8.42 Å². The second kappa shape index (κ2) is 14.7. The van der Waals surface area contributed by atoms with Crippen molar-refractivity contribution in [3.05, 3.63) is 12.7 Å². The van der Waals surface area contributed by atoms with E-state index in [9.17, 15) is 13.2 Å². The number of nitrogens with one attached hydrogen (secondary N) is 1. The molecule has 0 aromatic heterocycles. The first-order valence-corrected chi connectivity index (χ1v) is 9.38. The van der Waals surface area contributed by atoms with Crippen molar-refractivity contribution < 1.29 is 17.8 Å². The van der Waals surface area contributed by atoms with E-state index in [0.29, 0.717) is 6.42 Å². The molecule has 1 atom stereocenters. The number of carbonyl (C=O) groups excluding carboxylic acids is 1. The molecule has 0 spiro atoms. The molecular weight excluding hydrogens is 313 g/mol. The van der Waals surface area contributed by atoms with Crippen LogP contribution in [0, 0.1) is 0 Å². The van der Waals surface area contributed by atoms with Crippen LogP contribution in [0.2, 0.25) is 0 Å². The van der Waals surface area contributed by atoms with Gasteiger partial charge in [0.15, 0.2) is 0 Å². The molecule has 0 saturated heterocycles. The Morgan fingerprint density at radius 2 is 1.64 bits per heavy atom. The second-order valence-electron chi connectivity index (χ2n) is 5.42. The van der Waals surface area contributed by atoms with Crippen LogP contribution in [0.3, 0.4) is 0 Å². The van der Waals surface area contributed by atoms with Crippen LogP contribution in [-0.4, -0.2) is 60.2 Å². The Kier molecular flexibility index (Phi) is 16.3. The normalized spacial score (nSPS) is 12.3. The van der Waals surface area contributed by atoms with Crippen LogP contribution in [-0.2, 0) is 14.9 Å². The molecule has 1 radical (unpaired) electrons. The SMILES string of the molecule is C=CC(=O)NC(CCCCCCCCCC)CS(=O)(=O)O.[Na]. The molecule has 0 aromatic carbocycles. The van der Waals surface area contributed by atoms with Gasteiger partial charge < -0.3 is 5.32 Å². The molecule has 0 rings (SSSR count). The Balaban J connectivity index is 0. The van der Waals surface area contributed by atoms with Crippen molar-refractivity contribution in [1.29, 1.82) is 0 Å². The minimum Gasteiger partial charge on any atom is -0.349 e. The Morgan fingerprint density at radius 1 is 1.14 bits per heavy atom. The summed E-state index contributed by atoms with van der Waals surface area (Å²) in [6.07, 6.45) is 10.9. The van der Waals surface area contributed by atoms with Crippen molar-refractivity contribution in [2.45, 2.75) is 70.8 Å². The molecule has 22 heavy (non-hydrogen) atoms.